The third-order valence-electron chi connectivity index (χ3n) is 15.5. The first-order valence-electron chi connectivity index (χ1n) is 22.2. The molecule has 6 aromatic rings. The zero-order valence-corrected chi connectivity index (χ0v) is 36.1. The summed E-state index contributed by atoms with van der Waals surface area (Å²) >= 11 is 0. The molecule has 6 atom stereocenters. The summed E-state index contributed by atoms with van der Waals surface area (Å²) in [5, 5.41) is 20.9. The van der Waals surface area contributed by atoms with Crippen LogP contribution in [0.1, 0.15) is 92.9 Å². The van der Waals surface area contributed by atoms with Crippen LogP contribution in [-0.2, 0) is 38.0 Å². The number of aliphatic hydroxyl groups is 1. The second-order valence-electron chi connectivity index (χ2n) is 18.7. The van der Waals surface area contributed by atoms with Crippen molar-refractivity contribution in [2.75, 3.05) is 7.11 Å². The Hall–Kier alpha value is -5.48. The van der Waals surface area contributed by atoms with Gasteiger partial charge in [-0.25, -0.2) is 18.1 Å². The smallest absolute Gasteiger partial charge is 0.380 e. The lowest BCUT2D eigenvalue weighted by atomic mass is 9.56. The number of carbonyl (C=O) groups excluding carboxylic acids is 2. The standard InChI is InChI=1S/2C25H24F4N2O2/c1-33-24(25(27,28)29)10-9-23(15-32)18(13-24)4-2-3-16-12-22-17(11-21(16)23)14-30-31(22)20-7-5-19(26)6-8-20;26-19-4-6-20(7-5-19)31-22-13-16-2-1-3-18-14-24(33,25(27,28)29)9-8-23(18,10-11-32)21(16)12-17(22)15-30-31/h5-8,11-12,14-15,18H,2-4,9-10,13H2,1H3;4-7,11-13,15,18,33H,1-3,8-10,14H2/t2*18-,23+,24-/m11/s1. The molecule has 2 aromatic heterocycles. The lowest BCUT2D eigenvalue weighted by Gasteiger charge is -2.50. The quantitative estimate of drug-likeness (QED) is 0.132. The van der Waals surface area contributed by atoms with Gasteiger partial charge in [-0.3, -0.25) is 0 Å². The molecule has 16 heteroatoms. The summed E-state index contributed by atoms with van der Waals surface area (Å²) in [6.07, 6.45) is -1.44. The summed E-state index contributed by atoms with van der Waals surface area (Å²) in [7, 11) is 1.11. The van der Waals surface area contributed by atoms with Crippen LogP contribution in [0.2, 0.25) is 0 Å². The molecule has 0 bridgehead atoms. The lowest BCUT2D eigenvalue weighted by molar-refractivity contribution is -0.287. The van der Waals surface area contributed by atoms with Gasteiger partial charge in [0.25, 0.3) is 0 Å². The Morgan fingerprint density at radius 3 is 1.73 bits per heavy atom. The van der Waals surface area contributed by atoms with Crippen molar-refractivity contribution in [3.05, 3.63) is 119 Å². The molecule has 2 fully saturated rings. The first-order chi connectivity index (χ1) is 31.4. The Morgan fingerprint density at radius 1 is 0.697 bits per heavy atom. The summed E-state index contributed by atoms with van der Waals surface area (Å²) in [5.41, 5.74) is 0.0430. The first kappa shape index (κ1) is 45.7. The largest absolute Gasteiger partial charge is 0.417 e. The van der Waals surface area contributed by atoms with Gasteiger partial charge in [0.2, 0.25) is 0 Å². The molecular formula is C50H48F8N4O4. The van der Waals surface area contributed by atoms with Crippen LogP contribution in [0.25, 0.3) is 33.2 Å². The number of ether oxygens (including phenoxy) is 1. The highest BCUT2D eigenvalue weighted by molar-refractivity contribution is 5.85. The van der Waals surface area contributed by atoms with Gasteiger partial charge in [0.1, 0.15) is 24.2 Å². The molecule has 8 nitrogen and oxygen atoms in total. The summed E-state index contributed by atoms with van der Waals surface area (Å²) in [6.45, 7) is 0. The third kappa shape index (κ3) is 7.51. The van der Waals surface area contributed by atoms with Crippen LogP contribution in [-0.4, -0.2) is 67.9 Å². The van der Waals surface area contributed by atoms with Gasteiger partial charge in [-0.1, -0.05) is 0 Å². The fourth-order valence-electron chi connectivity index (χ4n) is 11.8. The number of nitrogens with zero attached hydrogens (tertiary/aromatic N) is 4. The number of alkyl halides is 6. The summed E-state index contributed by atoms with van der Waals surface area (Å²) in [5.74, 6) is -1.60. The van der Waals surface area contributed by atoms with E-state index in [1.54, 1.807) is 46.0 Å². The molecule has 0 aliphatic heterocycles. The minimum absolute atomic E-state index is 0.0825. The first-order valence-corrected chi connectivity index (χ1v) is 22.2. The molecule has 0 spiro atoms. The van der Waals surface area contributed by atoms with Gasteiger partial charge >= 0.3 is 12.4 Å². The molecule has 4 aliphatic carbocycles. The van der Waals surface area contributed by atoms with Crippen LogP contribution < -0.4 is 0 Å². The molecule has 1 N–H and O–H groups in total. The van der Waals surface area contributed by atoms with E-state index in [1.807, 2.05) is 24.3 Å². The van der Waals surface area contributed by atoms with Crippen LogP contribution in [0.5, 0.6) is 0 Å². The van der Waals surface area contributed by atoms with Crippen molar-refractivity contribution in [2.45, 2.75) is 118 Å². The number of halogens is 8. The fraction of sp³-hybridized carbons (Fsp3) is 0.440. The van der Waals surface area contributed by atoms with Gasteiger partial charge in [0.05, 0.1) is 40.2 Å². The molecule has 4 aromatic carbocycles. The Labute approximate surface area is 374 Å². The van der Waals surface area contributed by atoms with Crippen molar-refractivity contribution in [3.8, 4) is 11.4 Å². The van der Waals surface area contributed by atoms with Crippen LogP contribution in [0.4, 0.5) is 35.1 Å². The molecule has 66 heavy (non-hydrogen) atoms. The zero-order valence-electron chi connectivity index (χ0n) is 36.1. The monoisotopic (exact) mass is 920 g/mol. The van der Waals surface area contributed by atoms with Crippen molar-refractivity contribution in [1.29, 1.82) is 0 Å². The van der Waals surface area contributed by atoms with Crippen molar-refractivity contribution in [1.82, 2.24) is 19.6 Å². The third-order valence-corrected chi connectivity index (χ3v) is 15.5. The van der Waals surface area contributed by atoms with Crippen molar-refractivity contribution in [3.63, 3.8) is 0 Å². The molecule has 348 valence electrons. The van der Waals surface area contributed by atoms with E-state index < -0.39 is 59.1 Å². The number of rotatable bonds is 6. The maximum atomic E-state index is 13.9. The number of aldehydes is 2. The van der Waals surface area contributed by atoms with Crippen molar-refractivity contribution >= 4 is 34.4 Å². The number of carbonyl (C=O) groups is 2. The van der Waals surface area contributed by atoms with Crippen LogP contribution in [0.3, 0.4) is 0 Å². The number of methoxy groups -OCH3 is 1. The van der Waals surface area contributed by atoms with E-state index in [2.05, 4.69) is 10.2 Å². The highest BCUT2D eigenvalue weighted by Crippen LogP contribution is 2.58. The Kier molecular flexibility index (Phi) is 11.5. The maximum absolute atomic E-state index is 13.9. The highest BCUT2D eigenvalue weighted by Gasteiger charge is 2.63. The maximum Gasteiger partial charge on any atom is 0.417 e. The van der Waals surface area contributed by atoms with E-state index in [4.69, 9.17) is 4.74 Å². The molecule has 4 aliphatic rings. The molecule has 10 rings (SSSR count). The summed E-state index contributed by atoms with van der Waals surface area (Å²) < 4.78 is 118. The van der Waals surface area contributed by atoms with E-state index in [0.717, 1.165) is 63.7 Å². The van der Waals surface area contributed by atoms with Crippen LogP contribution in [0, 0.1) is 23.5 Å². The molecule has 2 heterocycles. The number of benzene rings is 4. The number of fused-ring (bicyclic) bond motifs is 8. The van der Waals surface area contributed by atoms with E-state index >= 15 is 0 Å². The molecule has 2 saturated carbocycles. The molecular weight excluding hydrogens is 873 g/mol. The predicted molar refractivity (Wildman–Crippen MR) is 230 cm³/mol. The fourth-order valence-corrected chi connectivity index (χ4v) is 11.8. The van der Waals surface area contributed by atoms with Crippen molar-refractivity contribution in [2.24, 2.45) is 11.8 Å². The van der Waals surface area contributed by atoms with Gasteiger partial charge in [0, 0.05) is 29.7 Å². The molecule has 0 saturated heterocycles. The van der Waals surface area contributed by atoms with Gasteiger partial charge in [0.15, 0.2) is 11.2 Å². The van der Waals surface area contributed by atoms with Crippen LogP contribution >= 0.6 is 0 Å². The van der Waals surface area contributed by atoms with E-state index in [1.165, 1.54) is 24.3 Å². The van der Waals surface area contributed by atoms with E-state index in [9.17, 15) is 49.8 Å². The predicted octanol–water partition coefficient (Wildman–Crippen LogP) is 11.1. The van der Waals surface area contributed by atoms with Gasteiger partial charge in [-0.2, -0.15) is 36.5 Å². The zero-order chi connectivity index (χ0) is 46.9. The number of hydrogen-bond acceptors (Lipinski definition) is 6. The van der Waals surface area contributed by atoms with Crippen LogP contribution in [0.15, 0.2) is 85.2 Å². The minimum atomic E-state index is -4.70. The molecule has 0 amide bonds. The minimum Gasteiger partial charge on any atom is -0.380 e. The van der Waals surface area contributed by atoms with E-state index in [0.29, 0.717) is 49.9 Å². The lowest BCUT2D eigenvalue weighted by Crippen LogP contribution is -2.56. The summed E-state index contributed by atoms with van der Waals surface area (Å²) in [4.78, 5) is 24.3. The Bertz CT molecular complexity index is 2790. The highest BCUT2D eigenvalue weighted by atomic mass is 19.4. The summed E-state index contributed by atoms with van der Waals surface area (Å²) in [6, 6.07) is 19.9. The average Bonchev–Trinajstić information content (AvgIpc) is 3.82. The number of hydrogen-bond donors (Lipinski definition) is 1. The Morgan fingerprint density at radius 2 is 1.23 bits per heavy atom. The number of aryl methyl sites for hydroxylation is 2. The van der Waals surface area contributed by atoms with Gasteiger partial charge in [-0.05, 0) is 184 Å². The Balaban J connectivity index is 0.000000166. The second-order valence-corrected chi connectivity index (χ2v) is 18.7. The van der Waals surface area contributed by atoms with Crippen molar-refractivity contribution < 1.29 is 54.6 Å². The molecule has 0 unspecified atom stereocenters. The molecule has 0 radical (unpaired) electrons. The number of aromatic nitrogens is 4. The normalized spacial score (nSPS) is 27.6. The topological polar surface area (TPSA) is 99.2 Å². The van der Waals surface area contributed by atoms with Gasteiger partial charge in [-0.15, -0.1) is 0 Å². The average molecular weight is 921 g/mol. The SMILES string of the molecule is CO[C@]1(C(F)(F)F)CC[C@@]2(C=O)c3cc4cnn(-c5ccc(F)cc5)c4cc3CCC[C@@H]2C1.O=CC[C@@]12CC[C@](O)(C(F)(F)F)C[C@H]1CCCc1cc3c(cnn3-c3ccc(F)cc3)cc12. The second kappa shape index (κ2) is 16.7. The van der Waals surface area contributed by atoms with Gasteiger partial charge < -0.3 is 19.4 Å². The van der Waals surface area contributed by atoms with E-state index in [-0.39, 0.29) is 43.7 Å².